The van der Waals surface area contributed by atoms with Crippen LogP contribution in [0.15, 0.2) is 22.7 Å². The third kappa shape index (κ3) is 2.44. The quantitative estimate of drug-likeness (QED) is 0.856. The highest BCUT2D eigenvalue weighted by atomic mass is 79.9. The molecule has 1 heterocycles. The zero-order chi connectivity index (χ0) is 11.7. The molecule has 0 bridgehead atoms. The molecular weight excluding hydrogens is 286 g/mol. The molecule has 0 aliphatic carbocycles. The molecule has 88 valence electrons. The van der Waals surface area contributed by atoms with Crippen molar-refractivity contribution in [3.05, 3.63) is 33.3 Å². The highest BCUT2D eigenvalue weighted by Crippen LogP contribution is 2.37. The Morgan fingerprint density at radius 3 is 2.88 bits per heavy atom. The average Bonchev–Trinajstić information content (AvgIpc) is 2.59. The van der Waals surface area contributed by atoms with Crippen molar-refractivity contribution in [1.82, 2.24) is 5.32 Å². The highest BCUT2D eigenvalue weighted by molar-refractivity contribution is 9.10. The maximum Gasteiger partial charge on any atom is 0.0417 e. The molecule has 1 fully saturated rings. The van der Waals surface area contributed by atoms with E-state index in [1.54, 1.807) is 0 Å². The first-order valence-electron chi connectivity index (χ1n) is 5.82. The summed E-state index contributed by atoms with van der Waals surface area (Å²) in [6.07, 6.45) is 2.38. The van der Waals surface area contributed by atoms with E-state index < -0.39 is 0 Å². The Hall–Kier alpha value is -0.0500. The lowest BCUT2D eigenvalue weighted by Crippen LogP contribution is -2.28. The summed E-state index contributed by atoms with van der Waals surface area (Å²) < 4.78 is 1.14. The van der Waals surface area contributed by atoms with E-state index >= 15 is 0 Å². The summed E-state index contributed by atoms with van der Waals surface area (Å²) in [5.74, 6) is 0.603. The van der Waals surface area contributed by atoms with E-state index in [9.17, 15) is 0 Å². The van der Waals surface area contributed by atoms with Crippen LogP contribution in [0.1, 0.15) is 38.2 Å². The fourth-order valence-corrected chi connectivity index (χ4v) is 3.62. The number of nitrogens with one attached hydrogen (secondary N) is 1. The molecule has 0 amide bonds. The van der Waals surface area contributed by atoms with Crippen molar-refractivity contribution < 1.29 is 0 Å². The van der Waals surface area contributed by atoms with Crippen LogP contribution in [0.2, 0.25) is 5.02 Å². The molecule has 1 aromatic carbocycles. The van der Waals surface area contributed by atoms with Crippen molar-refractivity contribution in [3.63, 3.8) is 0 Å². The van der Waals surface area contributed by atoms with Crippen LogP contribution >= 0.6 is 27.5 Å². The number of hydrogen-bond donors (Lipinski definition) is 1. The standard InChI is InChI=1S/C13H17BrClN/c1-3-13-11(6-8(2)16-13)10-5-4-9(15)7-12(10)14/h4-5,7-8,11,13,16H,3,6H2,1-2H3. The third-order valence-electron chi connectivity index (χ3n) is 3.39. The molecule has 1 aliphatic heterocycles. The molecule has 0 aromatic heterocycles. The Morgan fingerprint density at radius 2 is 2.25 bits per heavy atom. The predicted molar refractivity (Wildman–Crippen MR) is 73.2 cm³/mol. The molecule has 1 aromatic rings. The van der Waals surface area contributed by atoms with Gasteiger partial charge < -0.3 is 5.32 Å². The minimum Gasteiger partial charge on any atom is -0.311 e. The van der Waals surface area contributed by atoms with E-state index in [0.29, 0.717) is 18.0 Å². The Labute approximate surface area is 111 Å². The molecule has 2 rings (SSSR count). The topological polar surface area (TPSA) is 12.0 Å². The average molecular weight is 303 g/mol. The van der Waals surface area contributed by atoms with Crippen LogP contribution in [0, 0.1) is 0 Å². The summed E-state index contributed by atoms with van der Waals surface area (Å²) in [4.78, 5) is 0. The summed E-state index contributed by atoms with van der Waals surface area (Å²) in [7, 11) is 0. The fraction of sp³-hybridized carbons (Fsp3) is 0.538. The van der Waals surface area contributed by atoms with Gasteiger partial charge in [-0.25, -0.2) is 0 Å². The maximum absolute atomic E-state index is 5.98. The fourth-order valence-electron chi connectivity index (χ4n) is 2.64. The number of rotatable bonds is 2. The van der Waals surface area contributed by atoms with Crippen LogP contribution in [0.25, 0.3) is 0 Å². The largest absolute Gasteiger partial charge is 0.311 e. The van der Waals surface area contributed by atoms with Gasteiger partial charge in [-0.3, -0.25) is 0 Å². The molecule has 1 aliphatic rings. The molecule has 0 radical (unpaired) electrons. The van der Waals surface area contributed by atoms with Gasteiger partial charge in [0.15, 0.2) is 0 Å². The zero-order valence-corrected chi connectivity index (χ0v) is 12.0. The first-order valence-corrected chi connectivity index (χ1v) is 7.00. The number of hydrogen-bond acceptors (Lipinski definition) is 1. The van der Waals surface area contributed by atoms with E-state index in [2.05, 4.69) is 41.2 Å². The summed E-state index contributed by atoms with van der Waals surface area (Å²) in [6.45, 7) is 4.50. The van der Waals surface area contributed by atoms with E-state index in [1.165, 1.54) is 18.4 Å². The molecule has 1 N–H and O–H groups in total. The van der Waals surface area contributed by atoms with Gasteiger partial charge in [0.25, 0.3) is 0 Å². The van der Waals surface area contributed by atoms with Crippen molar-refractivity contribution in [2.24, 2.45) is 0 Å². The van der Waals surface area contributed by atoms with Gasteiger partial charge in [0, 0.05) is 27.5 Å². The Bertz CT molecular complexity index is 380. The summed E-state index contributed by atoms with van der Waals surface area (Å²) in [6, 6.07) is 7.33. The first-order chi connectivity index (χ1) is 7.61. The summed E-state index contributed by atoms with van der Waals surface area (Å²) in [5.41, 5.74) is 1.38. The van der Waals surface area contributed by atoms with Gasteiger partial charge in [0.2, 0.25) is 0 Å². The molecule has 16 heavy (non-hydrogen) atoms. The minimum atomic E-state index is 0.590. The number of halogens is 2. The molecule has 0 spiro atoms. The molecule has 0 saturated carbocycles. The van der Waals surface area contributed by atoms with Gasteiger partial charge in [-0.1, -0.05) is 40.5 Å². The lowest BCUT2D eigenvalue weighted by molar-refractivity contribution is 0.516. The second-order valence-electron chi connectivity index (χ2n) is 4.59. The van der Waals surface area contributed by atoms with Gasteiger partial charge in [0.05, 0.1) is 0 Å². The van der Waals surface area contributed by atoms with Crippen molar-refractivity contribution in [2.75, 3.05) is 0 Å². The third-order valence-corrected chi connectivity index (χ3v) is 4.32. The van der Waals surface area contributed by atoms with Crippen molar-refractivity contribution >= 4 is 27.5 Å². The first kappa shape index (κ1) is 12.4. The predicted octanol–water partition coefficient (Wildman–Crippen LogP) is 4.35. The molecular formula is C13H17BrClN. The summed E-state index contributed by atoms with van der Waals surface area (Å²) in [5, 5.41) is 4.43. The van der Waals surface area contributed by atoms with Crippen LogP contribution in [0.4, 0.5) is 0 Å². The van der Waals surface area contributed by atoms with Crippen LogP contribution in [0.5, 0.6) is 0 Å². The molecule has 1 nitrogen and oxygen atoms in total. The monoisotopic (exact) mass is 301 g/mol. The van der Waals surface area contributed by atoms with Crippen LogP contribution in [0.3, 0.4) is 0 Å². The van der Waals surface area contributed by atoms with Gasteiger partial charge in [-0.2, -0.15) is 0 Å². The van der Waals surface area contributed by atoms with Gasteiger partial charge in [-0.15, -0.1) is 0 Å². The van der Waals surface area contributed by atoms with E-state index in [-0.39, 0.29) is 0 Å². The Balaban J connectivity index is 2.29. The van der Waals surface area contributed by atoms with Crippen LogP contribution in [-0.4, -0.2) is 12.1 Å². The van der Waals surface area contributed by atoms with Crippen molar-refractivity contribution in [3.8, 4) is 0 Å². The normalized spacial score (nSPS) is 29.6. The van der Waals surface area contributed by atoms with Gasteiger partial charge in [0.1, 0.15) is 0 Å². The second-order valence-corrected chi connectivity index (χ2v) is 5.88. The van der Waals surface area contributed by atoms with E-state index in [4.69, 9.17) is 11.6 Å². The number of benzene rings is 1. The van der Waals surface area contributed by atoms with Crippen molar-refractivity contribution in [2.45, 2.75) is 44.7 Å². The summed E-state index contributed by atoms with van der Waals surface area (Å²) >= 11 is 9.60. The lowest BCUT2D eigenvalue weighted by Gasteiger charge is -2.19. The molecule has 3 atom stereocenters. The highest BCUT2D eigenvalue weighted by Gasteiger charge is 2.32. The zero-order valence-electron chi connectivity index (χ0n) is 9.63. The van der Waals surface area contributed by atoms with Crippen LogP contribution in [-0.2, 0) is 0 Å². The van der Waals surface area contributed by atoms with Crippen molar-refractivity contribution in [1.29, 1.82) is 0 Å². The Morgan fingerprint density at radius 1 is 1.50 bits per heavy atom. The Kier molecular flexibility index (Phi) is 3.93. The lowest BCUT2D eigenvalue weighted by atomic mass is 9.90. The van der Waals surface area contributed by atoms with Crippen LogP contribution < -0.4 is 5.32 Å². The maximum atomic E-state index is 5.98. The second kappa shape index (κ2) is 5.07. The molecule has 3 unspecified atom stereocenters. The molecule has 1 saturated heterocycles. The van der Waals surface area contributed by atoms with Gasteiger partial charge in [-0.05, 0) is 37.5 Å². The van der Waals surface area contributed by atoms with E-state index in [0.717, 1.165) is 9.50 Å². The van der Waals surface area contributed by atoms with E-state index in [1.807, 2.05) is 12.1 Å². The molecule has 3 heteroatoms. The minimum absolute atomic E-state index is 0.590. The smallest absolute Gasteiger partial charge is 0.0417 e. The SMILES string of the molecule is CCC1NC(C)CC1c1ccc(Cl)cc1Br. The van der Waals surface area contributed by atoms with Gasteiger partial charge >= 0.3 is 0 Å².